The summed E-state index contributed by atoms with van der Waals surface area (Å²) in [5, 5.41) is 7.53. The maximum absolute atomic E-state index is 12.9. The highest BCUT2D eigenvalue weighted by molar-refractivity contribution is 7.15. The van der Waals surface area contributed by atoms with E-state index in [1.54, 1.807) is 11.3 Å². The first-order chi connectivity index (χ1) is 13.4. The van der Waals surface area contributed by atoms with Gasteiger partial charge in [-0.1, -0.05) is 0 Å². The Labute approximate surface area is 170 Å². The highest BCUT2D eigenvalue weighted by Crippen LogP contribution is 2.30. The van der Waals surface area contributed by atoms with Crippen LogP contribution in [0.15, 0.2) is 12.3 Å². The van der Waals surface area contributed by atoms with Crippen molar-refractivity contribution in [1.82, 2.24) is 25.2 Å². The number of hydrogen-bond donors (Lipinski definition) is 2. The zero-order valence-electron chi connectivity index (χ0n) is 16.8. The maximum atomic E-state index is 12.9. The molecule has 4 heterocycles. The van der Waals surface area contributed by atoms with Gasteiger partial charge in [0.2, 0.25) is 5.91 Å². The Morgan fingerprint density at radius 3 is 2.75 bits per heavy atom. The molecule has 0 aliphatic carbocycles. The van der Waals surface area contributed by atoms with Crippen molar-refractivity contribution in [3.05, 3.63) is 28.7 Å². The highest BCUT2D eigenvalue weighted by atomic mass is 32.1. The number of aryl methyl sites for hydroxylation is 2. The van der Waals surface area contributed by atoms with Gasteiger partial charge in [-0.3, -0.25) is 4.79 Å². The molecule has 0 unspecified atom stereocenters. The fourth-order valence-corrected chi connectivity index (χ4v) is 4.80. The predicted octanol–water partition coefficient (Wildman–Crippen LogP) is 3.14. The van der Waals surface area contributed by atoms with Gasteiger partial charge in [0.1, 0.15) is 11.6 Å². The summed E-state index contributed by atoms with van der Waals surface area (Å²) in [6.07, 6.45) is 5.67. The molecule has 0 bridgehead atoms. The minimum atomic E-state index is -0.379. The first-order valence-electron chi connectivity index (χ1n) is 10.0. The molecular formula is C20H28N6OS. The quantitative estimate of drug-likeness (QED) is 0.820. The van der Waals surface area contributed by atoms with Gasteiger partial charge in [0.15, 0.2) is 5.13 Å². The summed E-state index contributed by atoms with van der Waals surface area (Å²) in [4.78, 5) is 29.9. The van der Waals surface area contributed by atoms with Crippen LogP contribution in [0, 0.1) is 13.8 Å². The van der Waals surface area contributed by atoms with Crippen molar-refractivity contribution in [2.24, 2.45) is 0 Å². The van der Waals surface area contributed by atoms with Gasteiger partial charge in [-0.25, -0.2) is 15.0 Å². The summed E-state index contributed by atoms with van der Waals surface area (Å²) in [5.74, 6) is 2.19. The topological polar surface area (TPSA) is 83.0 Å². The molecule has 28 heavy (non-hydrogen) atoms. The van der Waals surface area contributed by atoms with Crippen LogP contribution in [-0.4, -0.2) is 50.9 Å². The molecule has 2 aliphatic rings. The van der Waals surface area contributed by atoms with Crippen LogP contribution in [0.2, 0.25) is 0 Å². The van der Waals surface area contributed by atoms with Crippen molar-refractivity contribution in [3.63, 3.8) is 0 Å². The molecule has 150 valence electrons. The molecule has 4 rings (SSSR count). The number of rotatable bonds is 4. The fourth-order valence-electron chi connectivity index (χ4n) is 4.13. The minimum Gasteiger partial charge on any atom is -0.341 e. The molecule has 0 saturated carbocycles. The van der Waals surface area contributed by atoms with Crippen LogP contribution < -0.4 is 10.6 Å². The van der Waals surface area contributed by atoms with Crippen molar-refractivity contribution in [2.75, 3.05) is 25.0 Å². The van der Waals surface area contributed by atoms with Gasteiger partial charge in [0.25, 0.3) is 0 Å². The Hall–Kier alpha value is -2.06. The molecular weight excluding hydrogens is 372 g/mol. The summed E-state index contributed by atoms with van der Waals surface area (Å²) in [5.41, 5.74) is 0.567. The summed E-state index contributed by atoms with van der Waals surface area (Å²) in [6, 6.07) is 1.95. The lowest BCUT2D eigenvalue weighted by Gasteiger charge is -2.36. The number of nitrogens with zero attached hydrogens (tertiary/aromatic N) is 4. The summed E-state index contributed by atoms with van der Waals surface area (Å²) >= 11 is 1.61. The second-order valence-electron chi connectivity index (χ2n) is 8.08. The Kier molecular flexibility index (Phi) is 5.33. The van der Waals surface area contributed by atoms with Gasteiger partial charge in [-0.05, 0) is 53.0 Å². The number of carbonyl (C=O) groups is 1. The largest absolute Gasteiger partial charge is 0.341 e. The van der Waals surface area contributed by atoms with E-state index in [2.05, 4.69) is 20.6 Å². The molecule has 2 aliphatic heterocycles. The number of anilines is 2. The van der Waals surface area contributed by atoms with Gasteiger partial charge < -0.3 is 15.5 Å². The van der Waals surface area contributed by atoms with E-state index in [1.165, 1.54) is 0 Å². The van der Waals surface area contributed by atoms with Crippen LogP contribution in [0.5, 0.6) is 0 Å². The van der Waals surface area contributed by atoms with E-state index in [4.69, 9.17) is 4.98 Å². The van der Waals surface area contributed by atoms with Crippen LogP contribution in [0.1, 0.15) is 54.9 Å². The fraction of sp³-hybridized carbons (Fsp3) is 0.600. The molecule has 1 atom stereocenters. The van der Waals surface area contributed by atoms with Crippen molar-refractivity contribution in [2.45, 2.75) is 57.9 Å². The zero-order chi connectivity index (χ0) is 19.7. The number of aromatic nitrogens is 3. The Bertz CT molecular complexity index is 852. The summed E-state index contributed by atoms with van der Waals surface area (Å²) in [6.45, 7) is 8.55. The third-order valence-corrected chi connectivity index (χ3v) is 6.54. The second kappa shape index (κ2) is 7.75. The van der Waals surface area contributed by atoms with Crippen LogP contribution in [0.25, 0.3) is 0 Å². The SMILES string of the molecule is Cc1cc(Nc2ncc(C)s2)nc(C2CCN(C(=O)[C@@]3(C)CCCN3)CC2)n1. The highest BCUT2D eigenvalue weighted by Gasteiger charge is 2.40. The van der Waals surface area contributed by atoms with E-state index in [9.17, 15) is 4.79 Å². The average molecular weight is 401 g/mol. The number of amides is 1. The van der Waals surface area contributed by atoms with Crippen LogP contribution in [0.4, 0.5) is 10.9 Å². The standard InChI is InChI=1S/C20H28N6OS/c1-13-11-16(25-19-21-12-14(2)28-19)24-17(23-13)15-5-9-26(10-6-15)18(27)20(3)7-4-8-22-20/h11-12,15,22H,4-10H2,1-3H3,(H,21,23,24,25)/t20-/m1/s1. The first kappa shape index (κ1) is 19.3. The molecule has 2 N–H and O–H groups in total. The van der Waals surface area contributed by atoms with Crippen LogP contribution in [-0.2, 0) is 4.79 Å². The average Bonchev–Trinajstić information content (AvgIpc) is 3.30. The van der Waals surface area contributed by atoms with E-state index in [-0.39, 0.29) is 17.4 Å². The van der Waals surface area contributed by atoms with E-state index >= 15 is 0 Å². The molecule has 8 heteroatoms. The molecule has 2 aromatic rings. The smallest absolute Gasteiger partial charge is 0.242 e. The Balaban J connectivity index is 1.42. The van der Waals surface area contributed by atoms with E-state index in [0.717, 1.165) is 72.7 Å². The lowest BCUT2D eigenvalue weighted by atomic mass is 9.92. The molecule has 0 spiro atoms. The number of likely N-dealkylation sites (tertiary alicyclic amines) is 1. The lowest BCUT2D eigenvalue weighted by Crippen LogP contribution is -2.54. The number of thiazole rings is 1. The molecule has 2 aromatic heterocycles. The zero-order valence-corrected chi connectivity index (χ0v) is 17.6. The van der Waals surface area contributed by atoms with Gasteiger partial charge in [0.05, 0.1) is 5.54 Å². The monoisotopic (exact) mass is 400 g/mol. The molecule has 7 nitrogen and oxygen atoms in total. The van der Waals surface area contributed by atoms with Gasteiger partial charge >= 0.3 is 0 Å². The second-order valence-corrected chi connectivity index (χ2v) is 9.32. The van der Waals surface area contributed by atoms with Crippen LogP contribution in [0.3, 0.4) is 0 Å². The number of hydrogen-bond acceptors (Lipinski definition) is 7. The molecule has 0 aromatic carbocycles. The normalized spacial score (nSPS) is 23.2. The Morgan fingerprint density at radius 1 is 1.32 bits per heavy atom. The van der Waals surface area contributed by atoms with E-state index < -0.39 is 0 Å². The number of nitrogens with one attached hydrogen (secondary N) is 2. The predicted molar refractivity (Wildman–Crippen MR) is 111 cm³/mol. The van der Waals surface area contributed by atoms with Gasteiger partial charge in [-0.2, -0.15) is 0 Å². The van der Waals surface area contributed by atoms with Gasteiger partial charge in [0, 0.05) is 41.8 Å². The minimum absolute atomic E-state index is 0.245. The molecule has 0 radical (unpaired) electrons. The Morgan fingerprint density at radius 2 is 2.11 bits per heavy atom. The molecule has 2 fully saturated rings. The lowest BCUT2D eigenvalue weighted by molar-refractivity contribution is -0.138. The first-order valence-corrected chi connectivity index (χ1v) is 10.8. The van der Waals surface area contributed by atoms with Crippen LogP contribution >= 0.6 is 11.3 Å². The third-order valence-electron chi connectivity index (χ3n) is 5.72. The number of piperidine rings is 1. The molecule has 2 saturated heterocycles. The van der Waals surface area contributed by atoms with Crippen molar-refractivity contribution in [1.29, 1.82) is 0 Å². The van der Waals surface area contributed by atoms with Crippen molar-refractivity contribution in [3.8, 4) is 0 Å². The van der Waals surface area contributed by atoms with Crippen molar-refractivity contribution < 1.29 is 4.79 Å². The van der Waals surface area contributed by atoms with Crippen molar-refractivity contribution >= 4 is 28.2 Å². The maximum Gasteiger partial charge on any atom is 0.242 e. The van der Waals surface area contributed by atoms with E-state index in [0.29, 0.717) is 0 Å². The third kappa shape index (κ3) is 4.03. The van der Waals surface area contributed by atoms with E-state index in [1.807, 2.05) is 37.9 Å². The summed E-state index contributed by atoms with van der Waals surface area (Å²) in [7, 11) is 0. The molecule has 1 amide bonds. The number of carbonyl (C=O) groups excluding carboxylic acids is 1. The summed E-state index contributed by atoms with van der Waals surface area (Å²) < 4.78 is 0. The van der Waals surface area contributed by atoms with Gasteiger partial charge in [-0.15, -0.1) is 11.3 Å².